The smallest absolute Gasteiger partial charge is 0.261 e. The summed E-state index contributed by atoms with van der Waals surface area (Å²) in [5.41, 5.74) is 22.6. The average Bonchev–Trinajstić information content (AvgIpc) is 3.49. The van der Waals surface area contributed by atoms with Gasteiger partial charge in [-0.1, -0.05) is 0 Å². The van der Waals surface area contributed by atoms with Crippen molar-refractivity contribution in [2.45, 2.75) is 19.4 Å². The number of carbonyl (C=O) groups excluding carboxylic acids is 2. The van der Waals surface area contributed by atoms with E-state index >= 15 is 0 Å². The third kappa shape index (κ3) is 7.72. The normalized spacial score (nSPS) is 11.3. The molecule has 0 saturated carbocycles. The molecule has 43 heavy (non-hydrogen) atoms. The van der Waals surface area contributed by atoms with Crippen LogP contribution in [0.1, 0.15) is 44.1 Å². The van der Waals surface area contributed by atoms with Gasteiger partial charge in [-0.3, -0.25) is 9.59 Å². The lowest BCUT2D eigenvalue weighted by atomic mass is 10.0. The number of unbranched alkanes of at least 4 members (excludes halogenated alkanes) is 1. The van der Waals surface area contributed by atoms with Crippen molar-refractivity contribution in [3.63, 3.8) is 0 Å². The van der Waals surface area contributed by atoms with Crippen LogP contribution in [0, 0.1) is 0 Å². The van der Waals surface area contributed by atoms with Crippen molar-refractivity contribution in [2.75, 3.05) is 48.9 Å². The lowest BCUT2D eigenvalue weighted by Crippen LogP contribution is -2.30. The molecule has 0 aliphatic carbocycles. The minimum atomic E-state index is -0.289. The van der Waals surface area contributed by atoms with Crippen LogP contribution >= 0.6 is 11.3 Å². The van der Waals surface area contributed by atoms with Crippen LogP contribution in [-0.4, -0.2) is 64.8 Å². The van der Waals surface area contributed by atoms with Crippen molar-refractivity contribution < 1.29 is 9.59 Å². The van der Waals surface area contributed by atoms with Crippen LogP contribution < -0.4 is 49.4 Å². The van der Waals surface area contributed by atoms with Crippen molar-refractivity contribution >= 4 is 62.6 Å². The SMILES string of the molecule is CNc1ccc(C(=O)NCCCCNC(=O)c2ccc(N(C)Cc3cnc4nc(N)nc(N)c4n3)s2)c(/C(N)=N/NN)c1. The number of anilines is 4. The number of amides is 2. The first-order valence-corrected chi connectivity index (χ1v) is 14.0. The van der Waals surface area contributed by atoms with Crippen LogP contribution in [0.2, 0.25) is 0 Å². The Labute approximate surface area is 251 Å². The summed E-state index contributed by atoms with van der Waals surface area (Å²) in [7, 11) is 3.65. The van der Waals surface area contributed by atoms with Gasteiger partial charge in [0.05, 0.1) is 33.9 Å². The van der Waals surface area contributed by atoms with E-state index in [1.807, 2.05) is 18.0 Å². The summed E-state index contributed by atoms with van der Waals surface area (Å²) in [5.74, 6) is 5.08. The van der Waals surface area contributed by atoms with Crippen molar-refractivity contribution in [1.29, 1.82) is 0 Å². The molecule has 0 atom stereocenters. The van der Waals surface area contributed by atoms with Crippen LogP contribution in [0.5, 0.6) is 0 Å². The van der Waals surface area contributed by atoms with Gasteiger partial charge in [-0.05, 0) is 43.2 Å². The second-order valence-corrected chi connectivity index (χ2v) is 10.4. The Morgan fingerprint density at radius 1 is 1.00 bits per heavy atom. The molecule has 16 nitrogen and oxygen atoms in total. The van der Waals surface area contributed by atoms with Gasteiger partial charge >= 0.3 is 0 Å². The lowest BCUT2D eigenvalue weighted by molar-refractivity contribution is 0.0941. The maximum absolute atomic E-state index is 12.8. The third-order valence-corrected chi connectivity index (χ3v) is 7.48. The van der Waals surface area contributed by atoms with E-state index in [9.17, 15) is 9.59 Å². The minimum absolute atomic E-state index is 0.0414. The summed E-state index contributed by atoms with van der Waals surface area (Å²) in [4.78, 5) is 44.8. The Hall–Kier alpha value is -5.29. The number of fused-ring (bicyclic) bond motifs is 1. The van der Waals surface area contributed by atoms with Crippen molar-refractivity contribution in [1.82, 2.24) is 36.1 Å². The van der Waals surface area contributed by atoms with Gasteiger partial charge in [-0.25, -0.2) is 21.3 Å². The van der Waals surface area contributed by atoms with Crippen molar-refractivity contribution in [3.05, 3.63) is 58.2 Å². The number of hydrazine groups is 1. The summed E-state index contributed by atoms with van der Waals surface area (Å²) < 4.78 is 0. The molecular formula is C26H34N14O2S. The average molecular weight is 607 g/mol. The fourth-order valence-electron chi connectivity index (χ4n) is 4.11. The van der Waals surface area contributed by atoms with Gasteiger partial charge in [0, 0.05) is 38.4 Å². The molecule has 3 heterocycles. The standard InChI is InChI=1S/C26H34N14O2S/c1-31-14-5-6-16(17(11-14)21(27)38-39-30)24(41)32-9-3-4-10-33-25(42)18-7-8-19(43-18)40(2)13-15-12-34-23-20(35-15)22(28)36-26(29)37-23/h5-8,11-12,31,39H,3-4,9-10,13,30H2,1-2H3,(H2,27,38)(H,32,41)(H,33,42)(H4,28,29,34,36,37). The van der Waals surface area contributed by atoms with E-state index in [1.54, 1.807) is 37.5 Å². The molecule has 4 aromatic rings. The Bertz CT molecular complexity index is 1640. The number of hydrazone groups is 1. The quantitative estimate of drug-likeness (QED) is 0.0336. The summed E-state index contributed by atoms with van der Waals surface area (Å²) in [6.07, 6.45) is 2.95. The fourth-order valence-corrected chi connectivity index (χ4v) is 4.99. The lowest BCUT2D eigenvalue weighted by Gasteiger charge is -2.16. The number of benzene rings is 1. The van der Waals surface area contributed by atoms with E-state index in [2.05, 4.69) is 46.5 Å². The molecule has 0 aliphatic rings. The maximum Gasteiger partial charge on any atom is 0.261 e. The molecule has 2 amide bonds. The van der Waals surface area contributed by atoms with Crippen LogP contribution in [-0.2, 0) is 6.54 Å². The third-order valence-electron chi connectivity index (χ3n) is 6.28. The topological polar surface area (TPSA) is 254 Å². The van der Waals surface area contributed by atoms with Crippen LogP contribution in [0.4, 0.5) is 22.5 Å². The second-order valence-electron chi connectivity index (χ2n) is 9.35. The van der Waals surface area contributed by atoms with Gasteiger partial charge in [-0.2, -0.15) is 9.97 Å². The molecule has 4 rings (SSSR count). The number of amidine groups is 1. The van der Waals surface area contributed by atoms with E-state index in [1.165, 1.54) is 11.3 Å². The molecule has 12 N–H and O–H groups in total. The number of carbonyl (C=O) groups is 2. The maximum atomic E-state index is 12.8. The highest BCUT2D eigenvalue weighted by Gasteiger charge is 2.16. The van der Waals surface area contributed by atoms with E-state index in [-0.39, 0.29) is 29.4 Å². The molecule has 0 spiro atoms. The molecule has 226 valence electrons. The highest BCUT2D eigenvalue weighted by Crippen LogP contribution is 2.26. The molecular weight excluding hydrogens is 572 g/mol. The fraction of sp³-hybridized carbons (Fsp3) is 0.269. The van der Waals surface area contributed by atoms with Gasteiger partial charge in [0.15, 0.2) is 22.8 Å². The van der Waals surface area contributed by atoms with Crippen molar-refractivity contribution in [2.24, 2.45) is 16.7 Å². The monoisotopic (exact) mass is 606 g/mol. The number of thiophene rings is 1. The van der Waals surface area contributed by atoms with E-state index < -0.39 is 0 Å². The zero-order valence-electron chi connectivity index (χ0n) is 23.7. The zero-order valence-corrected chi connectivity index (χ0v) is 24.5. The predicted molar refractivity (Wildman–Crippen MR) is 168 cm³/mol. The molecule has 0 fully saturated rings. The number of nitrogens with zero attached hydrogens (tertiary/aromatic N) is 6. The van der Waals surface area contributed by atoms with E-state index in [0.717, 1.165) is 10.7 Å². The highest BCUT2D eigenvalue weighted by molar-refractivity contribution is 7.17. The Morgan fingerprint density at radius 3 is 2.47 bits per heavy atom. The van der Waals surface area contributed by atoms with Crippen molar-refractivity contribution in [3.8, 4) is 0 Å². The Morgan fingerprint density at radius 2 is 1.74 bits per heavy atom. The molecule has 17 heteroatoms. The number of nitrogens with two attached hydrogens (primary N) is 4. The van der Waals surface area contributed by atoms with Gasteiger partial charge in [0.25, 0.3) is 11.8 Å². The van der Waals surface area contributed by atoms with Gasteiger partial charge < -0.3 is 38.1 Å². The molecule has 0 aliphatic heterocycles. The van der Waals surface area contributed by atoms with E-state index in [4.69, 9.17) is 23.0 Å². The molecule has 1 aromatic carbocycles. The summed E-state index contributed by atoms with van der Waals surface area (Å²) >= 11 is 1.36. The molecule has 3 aromatic heterocycles. The van der Waals surface area contributed by atoms with Gasteiger partial charge in [0.1, 0.15) is 0 Å². The molecule has 0 saturated heterocycles. The number of hydrogen-bond acceptors (Lipinski definition) is 14. The number of nitrogen functional groups attached to an aromatic ring is 2. The highest BCUT2D eigenvalue weighted by atomic mass is 32.1. The van der Waals surface area contributed by atoms with E-state index in [0.29, 0.717) is 65.3 Å². The Kier molecular flexibility index (Phi) is 10.0. The number of nitrogens with one attached hydrogen (secondary N) is 4. The van der Waals surface area contributed by atoms with Crippen LogP contribution in [0.3, 0.4) is 0 Å². The molecule has 0 bridgehead atoms. The molecule has 0 unspecified atom stereocenters. The first-order valence-electron chi connectivity index (χ1n) is 13.2. The Balaban J connectivity index is 1.23. The summed E-state index contributed by atoms with van der Waals surface area (Å²) in [6.45, 7) is 1.32. The number of aromatic nitrogens is 4. The number of hydrogen-bond donors (Lipinski definition) is 8. The first-order chi connectivity index (χ1) is 20.7. The number of rotatable bonds is 13. The van der Waals surface area contributed by atoms with Gasteiger partial charge in [0.2, 0.25) is 5.95 Å². The predicted octanol–water partition coefficient (Wildman–Crippen LogP) is 0.347. The summed E-state index contributed by atoms with van der Waals surface area (Å²) in [5, 5.41) is 13.5. The molecule has 0 radical (unpaired) electrons. The van der Waals surface area contributed by atoms with Gasteiger partial charge in [-0.15, -0.1) is 16.4 Å². The van der Waals surface area contributed by atoms with Crippen LogP contribution in [0.15, 0.2) is 41.6 Å². The first kappa shape index (κ1) is 30.7. The largest absolute Gasteiger partial charge is 0.388 e. The second kappa shape index (κ2) is 14.1. The zero-order chi connectivity index (χ0) is 30.9. The minimum Gasteiger partial charge on any atom is -0.388 e. The van der Waals surface area contributed by atoms with Crippen LogP contribution in [0.25, 0.3) is 11.2 Å². The summed E-state index contributed by atoms with van der Waals surface area (Å²) in [6, 6.07) is 8.80.